The van der Waals surface area contributed by atoms with Gasteiger partial charge in [-0.05, 0) is 53.1 Å². The third-order valence-corrected chi connectivity index (χ3v) is 5.89. The minimum absolute atomic E-state index is 0.746. The minimum Gasteiger partial charge on any atom is -0.245 e. The fourth-order valence-corrected chi connectivity index (χ4v) is 4.63. The zero-order valence-electron chi connectivity index (χ0n) is 15.2. The summed E-state index contributed by atoms with van der Waals surface area (Å²) in [4.78, 5) is 4.76. The molecule has 4 rings (SSSR count). The van der Waals surface area contributed by atoms with E-state index in [1.165, 1.54) is 16.7 Å². The summed E-state index contributed by atoms with van der Waals surface area (Å²) in [5, 5.41) is 16.2. The maximum absolute atomic E-state index is 4.76. The number of hydrogen-bond donors (Lipinski definition) is 0. The van der Waals surface area contributed by atoms with Gasteiger partial charge in [-0.2, -0.15) is 4.68 Å². The van der Waals surface area contributed by atoms with Crippen LogP contribution < -0.4 is 0 Å². The molecule has 4 aromatic rings. The second kappa shape index (κ2) is 8.02. The number of aryl methyl sites for hydroxylation is 2. The number of thiazole rings is 1. The third-order valence-electron chi connectivity index (χ3n) is 4.04. The lowest BCUT2D eigenvalue weighted by Gasteiger charge is -2.06. The molecule has 7 heteroatoms. The molecule has 0 fully saturated rings. The number of thioether (sulfide) groups is 1. The van der Waals surface area contributed by atoms with E-state index in [0.717, 1.165) is 33.7 Å². The molecule has 0 aliphatic carbocycles. The molecule has 0 saturated heterocycles. The lowest BCUT2D eigenvalue weighted by molar-refractivity contribution is 0.755. The Kier molecular flexibility index (Phi) is 5.31. The average Bonchev–Trinajstić information content (AvgIpc) is 3.29. The molecule has 5 nitrogen and oxygen atoms in total. The lowest BCUT2D eigenvalue weighted by atomic mass is 10.1. The third kappa shape index (κ3) is 4.43. The summed E-state index contributed by atoms with van der Waals surface area (Å²) in [7, 11) is 0. The van der Waals surface area contributed by atoms with Crippen molar-refractivity contribution < 1.29 is 0 Å². The van der Waals surface area contributed by atoms with Crippen molar-refractivity contribution in [1.82, 2.24) is 25.2 Å². The maximum atomic E-state index is 4.76. The Bertz CT molecular complexity index is 1020. The van der Waals surface area contributed by atoms with E-state index in [1.54, 1.807) is 27.8 Å². The quantitative estimate of drug-likeness (QED) is 0.448. The molecule has 0 spiro atoms. The van der Waals surface area contributed by atoms with Crippen molar-refractivity contribution in [3.8, 4) is 5.69 Å². The first-order chi connectivity index (χ1) is 13.2. The number of hydrogen-bond acceptors (Lipinski definition) is 6. The first-order valence-electron chi connectivity index (χ1n) is 8.64. The van der Waals surface area contributed by atoms with Crippen molar-refractivity contribution in [3.63, 3.8) is 0 Å². The van der Waals surface area contributed by atoms with E-state index in [0.29, 0.717) is 0 Å². The van der Waals surface area contributed by atoms with Gasteiger partial charge in [0.1, 0.15) is 0 Å². The molecule has 2 aromatic heterocycles. The number of aromatic nitrogens is 5. The molecule has 0 N–H and O–H groups in total. The summed E-state index contributed by atoms with van der Waals surface area (Å²) in [6.45, 7) is 4.16. The van der Waals surface area contributed by atoms with Crippen LogP contribution in [0.25, 0.3) is 5.69 Å². The van der Waals surface area contributed by atoms with Crippen LogP contribution in [0.3, 0.4) is 0 Å². The molecule has 0 aliphatic rings. The molecule has 0 saturated carbocycles. The highest BCUT2D eigenvalue weighted by Crippen LogP contribution is 2.25. The largest absolute Gasteiger partial charge is 0.245 e. The van der Waals surface area contributed by atoms with Gasteiger partial charge in [-0.3, -0.25) is 0 Å². The highest BCUT2D eigenvalue weighted by atomic mass is 32.2. The minimum atomic E-state index is 0.746. The van der Waals surface area contributed by atoms with E-state index in [-0.39, 0.29) is 0 Å². The molecule has 27 heavy (non-hydrogen) atoms. The fourth-order valence-electron chi connectivity index (χ4n) is 2.91. The summed E-state index contributed by atoms with van der Waals surface area (Å²) in [6, 6.07) is 16.8. The standard InChI is InChI=1S/C20H19N5S2/c1-14-8-15(2)10-18(9-14)25-20(22-23-24-25)27-13-17-12-26-19(21-17)11-16-6-4-3-5-7-16/h3-10,12H,11,13H2,1-2H3. The fraction of sp³-hybridized carbons (Fsp3) is 0.200. The second-order valence-electron chi connectivity index (χ2n) is 6.40. The van der Waals surface area contributed by atoms with Crippen LogP contribution in [0.5, 0.6) is 0 Å². The van der Waals surface area contributed by atoms with Crippen LogP contribution in [0.1, 0.15) is 27.4 Å². The van der Waals surface area contributed by atoms with E-state index in [1.807, 2.05) is 6.07 Å². The first kappa shape index (κ1) is 17.9. The molecule has 0 unspecified atom stereocenters. The Hall–Kier alpha value is -2.51. The van der Waals surface area contributed by atoms with E-state index in [9.17, 15) is 0 Å². The first-order valence-corrected chi connectivity index (χ1v) is 10.5. The van der Waals surface area contributed by atoms with E-state index in [2.05, 4.69) is 77.2 Å². The van der Waals surface area contributed by atoms with Gasteiger partial charge in [0.15, 0.2) is 0 Å². The van der Waals surface area contributed by atoms with Crippen molar-refractivity contribution >= 4 is 23.1 Å². The van der Waals surface area contributed by atoms with Crippen molar-refractivity contribution in [1.29, 1.82) is 0 Å². The van der Waals surface area contributed by atoms with Crippen molar-refractivity contribution in [2.24, 2.45) is 0 Å². The predicted octanol–water partition coefficient (Wildman–Crippen LogP) is 4.62. The Labute approximate surface area is 166 Å². The summed E-state index contributed by atoms with van der Waals surface area (Å²) in [5.74, 6) is 0.746. The van der Waals surface area contributed by atoms with Crippen LogP contribution >= 0.6 is 23.1 Å². The van der Waals surface area contributed by atoms with E-state index >= 15 is 0 Å². The molecule has 2 aromatic carbocycles. The van der Waals surface area contributed by atoms with Gasteiger partial charge in [0.2, 0.25) is 5.16 Å². The van der Waals surface area contributed by atoms with Crippen LogP contribution in [0.2, 0.25) is 0 Å². The number of benzene rings is 2. The number of tetrazole rings is 1. The molecule has 136 valence electrons. The smallest absolute Gasteiger partial charge is 0.214 e. The number of rotatable bonds is 6. The molecule has 0 radical (unpaired) electrons. The van der Waals surface area contributed by atoms with Gasteiger partial charge in [0.25, 0.3) is 0 Å². The average molecular weight is 394 g/mol. The van der Waals surface area contributed by atoms with Crippen LogP contribution in [0, 0.1) is 13.8 Å². The van der Waals surface area contributed by atoms with Crippen molar-refractivity contribution in [2.75, 3.05) is 0 Å². The zero-order chi connectivity index (χ0) is 18.6. The summed E-state index contributed by atoms with van der Waals surface area (Å²) in [6.07, 6.45) is 0.872. The molecular formula is C20H19N5S2. The van der Waals surface area contributed by atoms with Crippen LogP contribution in [-0.2, 0) is 12.2 Å². The van der Waals surface area contributed by atoms with Gasteiger partial charge in [0.05, 0.1) is 16.4 Å². The topological polar surface area (TPSA) is 56.5 Å². The second-order valence-corrected chi connectivity index (χ2v) is 8.29. The Morgan fingerprint density at radius 3 is 2.59 bits per heavy atom. The van der Waals surface area contributed by atoms with E-state index < -0.39 is 0 Å². The maximum Gasteiger partial charge on any atom is 0.214 e. The van der Waals surface area contributed by atoms with Gasteiger partial charge < -0.3 is 0 Å². The Balaban J connectivity index is 1.45. The van der Waals surface area contributed by atoms with Crippen molar-refractivity contribution in [2.45, 2.75) is 31.2 Å². The molecule has 0 atom stereocenters. The molecule has 0 amide bonds. The lowest BCUT2D eigenvalue weighted by Crippen LogP contribution is -2.00. The zero-order valence-corrected chi connectivity index (χ0v) is 16.8. The van der Waals surface area contributed by atoms with Gasteiger partial charge >= 0.3 is 0 Å². The van der Waals surface area contributed by atoms with Crippen LogP contribution in [-0.4, -0.2) is 25.2 Å². The summed E-state index contributed by atoms with van der Waals surface area (Å²) < 4.78 is 1.79. The normalized spacial score (nSPS) is 11.0. The van der Waals surface area contributed by atoms with Crippen molar-refractivity contribution in [3.05, 3.63) is 81.3 Å². The van der Waals surface area contributed by atoms with Gasteiger partial charge in [-0.1, -0.05) is 48.2 Å². The number of nitrogens with zero attached hydrogens (tertiary/aromatic N) is 5. The molecule has 0 bridgehead atoms. The van der Waals surface area contributed by atoms with Gasteiger partial charge in [-0.15, -0.1) is 16.4 Å². The van der Waals surface area contributed by atoms with Gasteiger partial charge in [0, 0.05) is 17.6 Å². The highest BCUT2D eigenvalue weighted by molar-refractivity contribution is 7.98. The highest BCUT2D eigenvalue weighted by Gasteiger charge is 2.11. The summed E-state index contributed by atoms with van der Waals surface area (Å²) in [5.41, 5.74) is 5.72. The van der Waals surface area contributed by atoms with Crippen LogP contribution in [0.15, 0.2) is 59.1 Å². The monoisotopic (exact) mass is 393 g/mol. The van der Waals surface area contributed by atoms with Crippen LogP contribution in [0.4, 0.5) is 0 Å². The Morgan fingerprint density at radius 1 is 1.04 bits per heavy atom. The SMILES string of the molecule is Cc1cc(C)cc(-n2nnnc2SCc2csc(Cc3ccccc3)n2)c1. The molecule has 0 aliphatic heterocycles. The summed E-state index contributed by atoms with van der Waals surface area (Å²) >= 11 is 3.31. The predicted molar refractivity (Wildman–Crippen MR) is 110 cm³/mol. The van der Waals surface area contributed by atoms with E-state index in [4.69, 9.17) is 4.98 Å². The molecule has 2 heterocycles. The molecular weight excluding hydrogens is 374 g/mol. The van der Waals surface area contributed by atoms with Gasteiger partial charge in [-0.25, -0.2) is 4.98 Å². The Morgan fingerprint density at radius 2 is 1.81 bits per heavy atom.